The summed E-state index contributed by atoms with van der Waals surface area (Å²) in [4.78, 5) is 44.9. The summed E-state index contributed by atoms with van der Waals surface area (Å²) in [6, 6.07) is 32.2. The molecule has 5 aromatic rings. The van der Waals surface area contributed by atoms with Crippen LogP contribution in [0.5, 0.6) is 5.75 Å². The van der Waals surface area contributed by atoms with Crippen LogP contribution >= 0.6 is 0 Å². The number of H-pyrrole nitrogens is 1. The second-order valence-electron chi connectivity index (χ2n) is 13.1. The van der Waals surface area contributed by atoms with Crippen LogP contribution in [0.4, 0.5) is 4.79 Å². The molecule has 2 amide bonds. The topological polar surface area (TPSA) is 110 Å². The first-order valence-electron chi connectivity index (χ1n) is 16.4. The number of amides is 2. The zero-order valence-corrected chi connectivity index (χ0v) is 28.2. The van der Waals surface area contributed by atoms with Crippen molar-refractivity contribution >= 4 is 28.9 Å². The maximum absolute atomic E-state index is 14.1. The molecule has 1 aliphatic heterocycles. The number of para-hydroxylation sites is 1. The highest BCUT2D eigenvalue weighted by Crippen LogP contribution is 2.42. The van der Waals surface area contributed by atoms with Gasteiger partial charge in [-0.3, -0.25) is 9.69 Å². The van der Waals surface area contributed by atoms with Crippen LogP contribution < -0.4 is 10.1 Å². The number of nitrogens with zero attached hydrogens (tertiary/aromatic N) is 1. The molecule has 2 atom stereocenters. The summed E-state index contributed by atoms with van der Waals surface area (Å²) < 4.78 is 16.0. The van der Waals surface area contributed by atoms with Gasteiger partial charge in [0.25, 0.3) is 0 Å². The first-order valence-corrected chi connectivity index (χ1v) is 16.4. The summed E-state index contributed by atoms with van der Waals surface area (Å²) in [5.74, 6) is -0.169. The van der Waals surface area contributed by atoms with Crippen molar-refractivity contribution in [3.8, 4) is 16.9 Å². The third kappa shape index (κ3) is 7.62. The van der Waals surface area contributed by atoms with Gasteiger partial charge in [-0.1, -0.05) is 84.9 Å². The average molecular weight is 660 g/mol. The summed E-state index contributed by atoms with van der Waals surface area (Å²) in [6.45, 7) is 5.67. The largest absolute Gasteiger partial charge is 0.482 e. The minimum Gasteiger partial charge on any atom is -0.482 e. The first kappa shape index (κ1) is 33.3. The zero-order valence-electron chi connectivity index (χ0n) is 28.2. The SMILES string of the molecule is COC(=O)COc1ccc(CCNC(=O)[C@H]2Cc3c([nH]c4ccccc34)[C@H](c3ccc(-c4ccccc4)cc3)N2C(=O)OC(C)(C)C)cc1. The predicted octanol–water partition coefficient (Wildman–Crippen LogP) is 7.00. The van der Waals surface area contributed by atoms with Gasteiger partial charge in [0, 0.05) is 29.6 Å². The van der Waals surface area contributed by atoms with Crippen LogP contribution in [0.2, 0.25) is 0 Å². The summed E-state index contributed by atoms with van der Waals surface area (Å²) >= 11 is 0. The molecule has 2 heterocycles. The molecule has 9 nitrogen and oxygen atoms in total. The highest BCUT2D eigenvalue weighted by atomic mass is 16.6. The van der Waals surface area contributed by atoms with Crippen LogP contribution in [-0.4, -0.2) is 59.8 Å². The molecule has 252 valence electrons. The number of rotatable bonds is 9. The van der Waals surface area contributed by atoms with E-state index < -0.39 is 29.7 Å². The normalized spacial score (nSPS) is 15.7. The molecule has 0 saturated heterocycles. The molecule has 4 aromatic carbocycles. The van der Waals surface area contributed by atoms with Gasteiger partial charge in [-0.25, -0.2) is 9.59 Å². The second-order valence-corrected chi connectivity index (χ2v) is 13.1. The van der Waals surface area contributed by atoms with Crippen molar-refractivity contribution in [2.75, 3.05) is 20.3 Å². The Labute approximate surface area is 286 Å². The molecule has 1 aromatic heterocycles. The Balaban J connectivity index is 1.30. The Bertz CT molecular complexity index is 1930. The van der Waals surface area contributed by atoms with Crippen molar-refractivity contribution in [3.63, 3.8) is 0 Å². The molecule has 0 aliphatic carbocycles. The Morgan fingerprint density at radius 2 is 1.53 bits per heavy atom. The highest BCUT2D eigenvalue weighted by Gasteiger charge is 2.45. The molecule has 2 N–H and O–H groups in total. The van der Waals surface area contributed by atoms with E-state index in [2.05, 4.69) is 45.4 Å². The fourth-order valence-electron chi connectivity index (χ4n) is 6.27. The van der Waals surface area contributed by atoms with E-state index in [0.29, 0.717) is 25.1 Å². The summed E-state index contributed by atoms with van der Waals surface area (Å²) in [6.07, 6.45) is 0.330. The van der Waals surface area contributed by atoms with Crippen LogP contribution in [0.25, 0.3) is 22.0 Å². The Hall–Kier alpha value is -5.57. The van der Waals surface area contributed by atoms with Crippen molar-refractivity contribution in [1.82, 2.24) is 15.2 Å². The van der Waals surface area contributed by atoms with Crippen molar-refractivity contribution in [2.45, 2.75) is 51.3 Å². The molecule has 6 rings (SSSR count). The van der Waals surface area contributed by atoms with Gasteiger partial charge in [0.1, 0.15) is 23.4 Å². The van der Waals surface area contributed by atoms with Gasteiger partial charge < -0.3 is 24.5 Å². The van der Waals surface area contributed by atoms with Crippen LogP contribution in [-0.2, 0) is 31.9 Å². The molecule has 0 unspecified atom stereocenters. The molecule has 9 heteroatoms. The van der Waals surface area contributed by atoms with Crippen molar-refractivity contribution in [2.24, 2.45) is 0 Å². The Kier molecular flexibility index (Phi) is 9.71. The summed E-state index contributed by atoms with van der Waals surface area (Å²) in [5, 5.41) is 4.12. The van der Waals surface area contributed by atoms with Gasteiger partial charge in [-0.2, -0.15) is 0 Å². The van der Waals surface area contributed by atoms with E-state index in [0.717, 1.165) is 44.4 Å². The lowest BCUT2D eigenvalue weighted by atomic mass is 9.87. The van der Waals surface area contributed by atoms with Gasteiger partial charge in [0.15, 0.2) is 6.61 Å². The number of hydrogen-bond acceptors (Lipinski definition) is 6. The van der Waals surface area contributed by atoms with Gasteiger partial charge >= 0.3 is 12.1 Å². The lowest BCUT2D eigenvalue weighted by Crippen LogP contribution is -2.56. The average Bonchev–Trinajstić information content (AvgIpc) is 3.48. The number of fused-ring (bicyclic) bond motifs is 3. The lowest BCUT2D eigenvalue weighted by molar-refractivity contribution is -0.142. The van der Waals surface area contributed by atoms with E-state index in [4.69, 9.17) is 9.47 Å². The fraction of sp³-hybridized carbons (Fsp3) is 0.275. The van der Waals surface area contributed by atoms with E-state index in [-0.39, 0.29) is 12.5 Å². The van der Waals surface area contributed by atoms with E-state index in [9.17, 15) is 14.4 Å². The number of carbonyl (C=O) groups is 3. The lowest BCUT2D eigenvalue weighted by Gasteiger charge is -2.41. The maximum Gasteiger partial charge on any atom is 0.411 e. The van der Waals surface area contributed by atoms with Crippen LogP contribution in [0, 0.1) is 0 Å². The number of methoxy groups -OCH3 is 1. The zero-order chi connectivity index (χ0) is 34.5. The van der Waals surface area contributed by atoms with Gasteiger partial charge in [-0.05, 0) is 73.2 Å². The molecule has 0 bridgehead atoms. The van der Waals surface area contributed by atoms with E-state index in [1.807, 2.05) is 81.4 Å². The number of aromatic amines is 1. The smallest absolute Gasteiger partial charge is 0.411 e. The van der Waals surface area contributed by atoms with Crippen molar-refractivity contribution < 1.29 is 28.6 Å². The van der Waals surface area contributed by atoms with Gasteiger partial charge in [0.2, 0.25) is 5.91 Å². The van der Waals surface area contributed by atoms with E-state index in [1.54, 1.807) is 17.0 Å². The number of hydrogen-bond donors (Lipinski definition) is 2. The number of ether oxygens (including phenoxy) is 3. The molecular formula is C40H41N3O6. The number of nitrogens with one attached hydrogen (secondary N) is 2. The molecule has 0 fully saturated rings. The summed E-state index contributed by atoms with van der Waals surface area (Å²) in [5.41, 5.74) is 6.05. The van der Waals surface area contributed by atoms with Crippen molar-refractivity contribution in [1.29, 1.82) is 0 Å². The number of benzene rings is 4. The van der Waals surface area contributed by atoms with Gasteiger partial charge in [0.05, 0.1) is 7.11 Å². The van der Waals surface area contributed by atoms with Crippen molar-refractivity contribution in [3.05, 3.63) is 126 Å². The minimum absolute atomic E-state index is 0.169. The second kappa shape index (κ2) is 14.3. The fourth-order valence-corrected chi connectivity index (χ4v) is 6.27. The standard InChI is InChI=1S/C40H41N3O6/c1-40(2,3)49-39(46)43-34(38(45)41-23-22-26-14-20-30(21-15-26)48-25-35(44)47-4)24-32-31-12-8-9-13-33(31)42-36(32)37(43)29-18-16-28(17-19-29)27-10-6-5-7-11-27/h5-21,34,37,42H,22-25H2,1-4H3,(H,41,45)/t34-,37+/m1/s1. The first-order chi connectivity index (χ1) is 23.6. The molecule has 49 heavy (non-hydrogen) atoms. The molecular weight excluding hydrogens is 618 g/mol. The van der Waals surface area contributed by atoms with Crippen LogP contribution in [0.1, 0.15) is 49.2 Å². The number of aromatic nitrogens is 1. The third-order valence-corrected chi connectivity index (χ3v) is 8.59. The van der Waals surface area contributed by atoms with Gasteiger partial charge in [-0.15, -0.1) is 0 Å². The molecule has 1 aliphatic rings. The maximum atomic E-state index is 14.1. The summed E-state index contributed by atoms with van der Waals surface area (Å²) in [7, 11) is 1.31. The highest BCUT2D eigenvalue weighted by molar-refractivity contribution is 5.91. The van der Waals surface area contributed by atoms with Crippen LogP contribution in [0.3, 0.4) is 0 Å². The third-order valence-electron chi connectivity index (χ3n) is 8.59. The predicted molar refractivity (Wildman–Crippen MR) is 188 cm³/mol. The Morgan fingerprint density at radius 1 is 0.857 bits per heavy atom. The van der Waals surface area contributed by atoms with E-state index in [1.165, 1.54) is 7.11 Å². The minimum atomic E-state index is -0.825. The number of carbonyl (C=O) groups excluding carboxylic acids is 3. The molecule has 0 radical (unpaired) electrons. The quantitative estimate of drug-likeness (QED) is 0.165. The molecule has 0 spiro atoms. The Morgan fingerprint density at radius 3 is 2.22 bits per heavy atom. The number of esters is 1. The molecule has 0 saturated carbocycles. The monoisotopic (exact) mass is 659 g/mol. The van der Waals surface area contributed by atoms with Crippen LogP contribution in [0.15, 0.2) is 103 Å². The van der Waals surface area contributed by atoms with E-state index >= 15 is 0 Å².